The number of carbonyl (C=O) groups excluding carboxylic acids is 2. The van der Waals surface area contributed by atoms with Gasteiger partial charge >= 0.3 is 0 Å². The molecule has 1 aliphatic carbocycles. The standard InChI is InChI=1S/C22H31N3O3/c1-5-12-25(17-8-6-7-9-17)21(26)14-18-15-28-20-11-10-16(22(27)23(2)3)13-19(20)24(18)4/h5,10-11,13,17-18H,1,6-9,12,14-15H2,2-4H3/t18-/m0/s1. The van der Waals surface area contributed by atoms with Crippen molar-refractivity contribution < 1.29 is 14.3 Å². The third-order valence-corrected chi connectivity index (χ3v) is 5.79. The number of hydrogen-bond acceptors (Lipinski definition) is 4. The second-order valence-electron chi connectivity index (χ2n) is 7.93. The van der Waals surface area contributed by atoms with Crippen LogP contribution in [0.2, 0.25) is 0 Å². The van der Waals surface area contributed by atoms with E-state index in [-0.39, 0.29) is 17.9 Å². The van der Waals surface area contributed by atoms with Gasteiger partial charge in [-0.25, -0.2) is 0 Å². The molecule has 0 aromatic heterocycles. The molecule has 6 nitrogen and oxygen atoms in total. The van der Waals surface area contributed by atoms with Crippen molar-refractivity contribution in [1.82, 2.24) is 9.80 Å². The molecule has 1 aliphatic heterocycles. The first-order valence-corrected chi connectivity index (χ1v) is 10.0. The van der Waals surface area contributed by atoms with Crippen molar-refractivity contribution >= 4 is 17.5 Å². The molecule has 28 heavy (non-hydrogen) atoms. The lowest BCUT2D eigenvalue weighted by Gasteiger charge is -2.37. The minimum atomic E-state index is -0.0570. The average Bonchev–Trinajstić information content (AvgIpc) is 3.21. The van der Waals surface area contributed by atoms with Crippen LogP contribution in [-0.4, -0.2) is 68.0 Å². The fraction of sp³-hybridized carbons (Fsp3) is 0.545. The molecule has 1 fully saturated rings. The highest BCUT2D eigenvalue weighted by molar-refractivity contribution is 5.95. The maximum Gasteiger partial charge on any atom is 0.253 e. The summed E-state index contributed by atoms with van der Waals surface area (Å²) in [6.45, 7) is 4.88. The Labute approximate surface area is 167 Å². The number of likely N-dealkylation sites (N-methyl/N-ethyl adjacent to an activating group) is 1. The van der Waals surface area contributed by atoms with E-state index in [1.54, 1.807) is 25.1 Å². The molecule has 6 heteroatoms. The van der Waals surface area contributed by atoms with Gasteiger partial charge in [0.1, 0.15) is 12.4 Å². The number of amides is 2. The van der Waals surface area contributed by atoms with Gasteiger partial charge in [0.2, 0.25) is 5.91 Å². The predicted molar refractivity (Wildman–Crippen MR) is 111 cm³/mol. The van der Waals surface area contributed by atoms with E-state index in [1.165, 1.54) is 12.8 Å². The Balaban J connectivity index is 1.74. The van der Waals surface area contributed by atoms with Gasteiger partial charge in [-0.1, -0.05) is 18.9 Å². The van der Waals surface area contributed by atoms with E-state index in [1.807, 2.05) is 30.2 Å². The normalized spacial score (nSPS) is 19.0. The molecule has 0 unspecified atom stereocenters. The second-order valence-corrected chi connectivity index (χ2v) is 7.93. The molecule has 0 bridgehead atoms. The van der Waals surface area contributed by atoms with E-state index in [4.69, 9.17) is 4.74 Å². The number of fused-ring (bicyclic) bond motifs is 1. The van der Waals surface area contributed by atoms with Crippen LogP contribution >= 0.6 is 0 Å². The molecule has 0 spiro atoms. The van der Waals surface area contributed by atoms with Gasteiger partial charge in [0.25, 0.3) is 5.91 Å². The van der Waals surface area contributed by atoms with Gasteiger partial charge < -0.3 is 19.4 Å². The maximum atomic E-state index is 13.0. The lowest BCUT2D eigenvalue weighted by atomic mass is 10.1. The highest BCUT2D eigenvalue weighted by Gasteiger charge is 2.32. The van der Waals surface area contributed by atoms with Crippen LogP contribution in [0.15, 0.2) is 30.9 Å². The van der Waals surface area contributed by atoms with Gasteiger partial charge in [0, 0.05) is 39.3 Å². The number of benzene rings is 1. The number of rotatable bonds is 6. The van der Waals surface area contributed by atoms with Gasteiger partial charge in [-0.3, -0.25) is 9.59 Å². The van der Waals surface area contributed by atoms with Crippen molar-refractivity contribution in [3.8, 4) is 5.75 Å². The summed E-state index contributed by atoms with van der Waals surface area (Å²) in [4.78, 5) is 31.0. The Morgan fingerprint density at radius 3 is 2.64 bits per heavy atom. The van der Waals surface area contributed by atoms with Crippen molar-refractivity contribution in [2.45, 2.75) is 44.2 Å². The first-order valence-electron chi connectivity index (χ1n) is 10.0. The number of ether oxygens (including phenoxy) is 1. The van der Waals surface area contributed by atoms with Crippen LogP contribution in [0.4, 0.5) is 5.69 Å². The third kappa shape index (κ3) is 4.16. The van der Waals surface area contributed by atoms with E-state index in [0.717, 1.165) is 24.3 Å². The van der Waals surface area contributed by atoms with Crippen molar-refractivity contribution in [2.75, 3.05) is 39.2 Å². The molecule has 0 saturated heterocycles. The van der Waals surface area contributed by atoms with Crippen molar-refractivity contribution in [2.24, 2.45) is 0 Å². The minimum Gasteiger partial charge on any atom is -0.489 e. The SMILES string of the molecule is C=CCN(C(=O)C[C@H]1COc2ccc(C(=O)N(C)C)cc2N1C)C1CCCC1. The van der Waals surface area contributed by atoms with Crippen molar-refractivity contribution in [3.63, 3.8) is 0 Å². The summed E-state index contributed by atoms with van der Waals surface area (Å²) in [6, 6.07) is 5.75. The molecule has 0 N–H and O–H groups in total. The smallest absolute Gasteiger partial charge is 0.253 e. The van der Waals surface area contributed by atoms with Crippen LogP contribution in [0.25, 0.3) is 0 Å². The Morgan fingerprint density at radius 1 is 1.29 bits per heavy atom. The first-order chi connectivity index (χ1) is 13.4. The monoisotopic (exact) mass is 385 g/mol. The van der Waals surface area contributed by atoms with Gasteiger partial charge in [0.05, 0.1) is 18.2 Å². The number of carbonyl (C=O) groups is 2. The van der Waals surface area contributed by atoms with Crippen LogP contribution < -0.4 is 9.64 Å². The summed E-state index contributed by atoms with van der Waals surface area (Å²) in [6.07, 6.45) is 6.74. The van der Waals surface area contributed by atoms with Gasteiger partial charge in [-0.05, 0) is 31.0 Å². The third-order valence-electron chi connectivity index (χ3n) is 5.79. The summed E-state index contributed by atoms with van der Waals surface area (Å²) in [5.41, 5.74) is 1.47. The Kier molecular flexibility index (Phi) is 6.27. The van der Waals surface area contributed by atoms with Crippen LogP contribution in [0.5, 0.6) is 5.75 Å². The highest BCUT2D eigenvalue weighted by Crippen LogP contribution is 2.35. The Hall–Kier alpha value is -2.50. The van der Waals surface area contributed by atoms with Crippen LogP contribution in [0.3, 0.4) is 0 Å². The maximum absolute atomic E-state index is 13.0. The van der Waals surface area contributed by atoms with E-state index >= 15 is 0 Å². The lowest BCUT2D eigenvalue weighted by Crippen LogP contribution is -2.46. The molecule has 1 saturated carbocycles. The molecule has 3 rings (SSSR count). The summed E-state index contributed by atoms with van der Waals surface area (Å²) < 4.78 is 5.91. The minimum absolute atomic E-state index is 0.0483. The number of anilines is 1. The molecular weight excluding hydrogens is 354 g/mol. The first kappa shape index (κ1) is 20.2. The molecule has 1 aromatic carbocycles. The summed E-state index contributed by atoms with van der Waals surface area (Å²) >= 11 is 0. The predicted octanol–water partition coefficient (Wildman–Crippen LogP) is 2.93. The largest absolute Gasteiger partial charge is 0.489 e. The average molecular weight is 386 g/mol. The van der Waals surface area contributed by atoms with E-state index < -0.39 is 0 Å². The fourth-order valence-electron chi connectivity index (χ4n) is 4.12. The van der Waals surface area contributed by atoms with Gasteiger partial charge in [-0.2, -0.15) is 0 Å². The zero-order valence-corrected chi connectivity index (χ0v) is 17.2. The number of nitrogens with zero attached hydrogens (tertiary/aromatic N) is 3. The van der Waals surface area contributed by atoms with E-state index in [9.17, 15) is 9.59 Å². The summed E-state index contributed by atoms with van der Waals surface area (Å²) in [7, 11) is 5.44. The Bertz CT molecular complexity index is 741. The summed E-state index contributed by atoms with van der Waals surface area (Å²) in [5.74, 6) is 0.851. The molecule has 1 atom stereocenters. The lowest BCUT2D eigenvalue weighted by molar-refractivity contribution is -0.133. The molecule has 1 heterocycles. The number of hydrogen-bond donors (Lipinski definition) is 0. The summed E-state index contributed by atoms with van der Waals surface area (Å²) in [5, 5.41) is 0. The van der Waals surface area contributed by atoms with Crippen molar-refractivity contribution in [3.05, 3.63) is 36.4 Å². The second kappa shape index (κ2) is 8.67. The van der Waals surface area contributed by atoms with Crippen LogP contribution in [0, 0.1) is 0 Å². The molecule has 0 radical (unpaired) electrons. The van der Waals surface area contributed by atoms with Gasteiger partial charge in [-0.15, -0.1) is 6.58 Å². The molecular formula is C22H31N3O3. The van der Waals surface area contributed by atoms with Gasteiger partial charge in [0.15, 0.2) is 0 Å². The van der Waals surface area contributed by atoms with Crippen molar-refractivity contribution in [1.29, 1.82) is 0 Å². The van der Waals surface area contributed by atoms with Crippen LogP contribution in [-0.2, 0) is 4.79 Å². The highest BCUT2D eigenvalue weighted by atomic mass is 16.5. The zero-order valence-electron chi connectivity index (χ0n) is 17.2. The topological polar surface area (TPSA) is 53.1 Å². The van der Waals surface area contributed by atoms with Crippen LogP contribution in [0.1, 0.15) is 42.5 Å². The zero-order chi connectivity index (χ0) is 20.3. The molecule has 2 aliphatic rings. The molecule has 1 aromatic rings. The Morgan fingerprint density at radius 2 is 2.00 bits per heavy atom. The van der Waals surface area contributed by atoms with E-state index in [2.05, 4.69) is 11.5 Å². The fourth-order valence-corrected chi connectivity index (χ4v) is 4.12. The molecule has 2 amide bonds. The molecule has 152 valence electrons. The van der Waals surface area contributed by atoms with E-state index in [0.29, 0.717) is 31.2 Å². The quantitative estimate of drug-likeness (QED) is 0.707.